The van der Waals surface area contributed by atoms with Crippen molar-refractivity contribution in [3.63, 3.8) is 0 Å². The third-order valence-electron chi connectivity index (χ3n) is 3.03. The molecule has 2 rings (SSSR count). The number of imidazole rings is 1. The van der Waals surface area contributed by atoms with E-state index in [4.69, 9.17) is 0 Å². The number of aliphatic carboxylic acids is 1. The first-order valence-corrected chi connectivity index (χ1v) is 6.25. The molecule has 1 heterocycles. The number of phenols is 1. The molecule has 0 saturated heterocycles. The second-order valence-electron chi connectivity index (χ2n) is 4.62. The molecule has 2 aromatic rings. The van der Waals surface area contributed by atoms with E-state index in [9.17, 15) is 19.8 Å². The fourth-order valence-corrected chi connectivity index (χ4v) is 1.88. The highest BCUT2D eigenvalue weighted by atomic mass is 16.4. The molecule has 0 aliphatic heterocycles. The Hall–Kier alpha value is -2.83. The van der Waals surface area contributed by atoms with Crippen molar-refractivity contribution in [3.8, 4) is 5.75 Å². The average Bonchev–Trinajstić information content (AvgIpc) is 2.86. The molecule has 1 unspecified atom stereocenters. The minimum Gasteiger partial charge on any atom is -0.508 e. The Labute approximate surface area is 120 Å². The lowest BCUT2D eigenvalue weighted by Gasteiger charge is -2.14. The molecule has 7 heteroatoms. The number of benzene rings is 1. The van der Waals surface area contributed by atoms with Crippen molar-refractivity contribution in [1.29, 1.82) is 0 Å². The van der Waals surface area contributed by atoms with Crippen molar-refractivity contribution in [2.45, 2.75) is 12.5 Å². The molecule has 110 valence electrons. The number of nitrogens with one attached hydrogen (secondary N) is 1. The molecule has 0 bridgehead atoms. The normalized spacial score (nSPS) is 11.9. The van der Waals surface area contributed by atoms with Gasteiger partial charge in [-0.2, -0.15) is 0 Å². The number of nitrogens with zero attached hydrogens (tertiary/aromatic N) is 2. The second kappa shape index (κ2) is 6.08. The number of carbonyl (C=O) groups is 2. The first-order chi connectivity index (χ1) is 9.97. The average molecular weight is 289 g/mol. The van der Waals surface area contributed by atoms with Crippen molar-refractivity contribution < 1.29 is 19.8 Å². The summed E-state index contributed by atoms with van der Waals surface area (Å²) in [5.41, 5.74) is 0.984. The molecule has 1 aromatic carbocycles. The van der Waals surface area contributed by atoms with Crippen LogP contribution in [0.5, 0.6) is 5.75 Å². The number of aromatic hydroxyl groups is 1. The van der Waals surface area contributed by atoms with E-state index in [0.717, 1.165) is 0 Å². The zero-order chi connectivity index (χ0) is 15.4. The van der Waals surface area contributed by atoms with Crippen LogP contribution in [-0.4, -0.2) is 37.7 Å². The molecule has 0 radical (unpaired) electrons. The van der Waals surface area contributed by atoms with Crippen LogP contribution in [0.2, 0.25) is 0 Å². The van der Waals surface area contributed by atoms with Crippen molar-refractivity contribution in [2.24, 2.45) is 7.05 Å². The van der Waals surface area contributed by atoms with Gasteiger partial charge >= 0.3 is 5.97 Å². The Morgan fingerprint density at radius 1 is 1.33 bits per heavy atom. The number of aryl methyl sites for hydroxylation is 1. The topological polar surface area (TPSA) is 104 Å². The lowest BCUT2D eigenvalue weighted by molar-refractivity contribution is -0.139. The van der Waals surface area contributed by atoms with Crippen LogP contribution in [0.15, 0.2) is 36.8 Å². The van der Waals surface area contributed by atoms with Gasteiger partial charge in [-0.3, -0.25) is 4.79 Å². The number of hydrogen-bond donors (Lipinski definition) is 3. The quantitative estimate of drug-likeness (QED) is 0.745. The number of phenolic OH excluding ortho intramolecular Hbond substituents is 1. The Morgan fingerprint density at radius 2 is 2.00 bits per heavy atom. The zero-order valence-corrected chi connectivity index (χ0v) is 11.4. The minimum atomic E-state index is -1.13. The summed E-state index contributed by atoms with van der Waals surface area (Å²) in [4.78, 5) is 27.1. The van der Waals surface area contributed by atoms with Crippen LogP contribution >= 0.6 is 0 Å². The van der Waals surface area contributed by atoms with Gasteiger partial charge in [-0.15, -0.1) is 0 Å². The van der Waals surface area contributed by atoms with Gasteiger partial charge in [0.05, 0.1) is 12.5 Å². The summed E-state index contributed by atoms with van der Waals surface area (Å²) in [5.74, 6) is -1.52. The van der Waals surface area contributed by atoms with E-state index in [1.807, 2.05) is 0 Å². The molecule has 0 aliphatic rings. The summed E-state index contributed by atoms with van der Waals surface area (Å²) >= 11 is 0. The lowest BCUT2D eigenvalue weighted by Crippen LogP contribution is -2.42. The highest BCUT2D eigenvalue weighted by molar-refractivity contribution is 5.95. The standard InChI is InChI=1S/C14H15N3O4/c1-17-8-15-7-12(17)13(19)16-11(14(20)21)6-9-2-4-10(18)5-3-9/h2-5,7-8,11,18H,6H2,1H3,(H,16,19)(H,20,21). The highest BCUT2D eigenvalue weighted by Crippen LogP contribution is 2.11. The summed E-state index contributed by atoms with van der Waals surface area (Å²) in [6.45, 7) is 0. The molecule has 3 N–H and O–H groups in total. The van der Waals surface area contributed by atoms with Gasteiger partial charge in [-0.05, 0) is 17.7 Å². The number of aromatic nitrogens is 2. The number of amides is 1. The maximum atomic E-state index is 12.0. The third kappa shape index (κ3) is 3.59. The van der Waals surface area contributed by atoms with Crippen LogP contribution < -0.4 is 5.32 Å². The number of rotatable bonds is 5. The molecule has 21 heavy (non-hydrogen) atoms. The first kappa shape index (κ1) is 14.6. The van der Waals surface area contributed by atoms with Crippen LogP contribution in [0.1, 0.15) is 16.1 Å². The second-order valence-corrected chi connectivity index (χ2v) is 4.62. The maximum absolute atomic E-state index is 12.0. The van der Waals surface area contributed by atoms with E-state index >= 15 is 0 Å². The van der Waals surface area contributed by atoms with Gasteiger partial charge in [-0.1, -0.05) is 12.1 Å². The van der Waals surface area contributed by atoms with Crippen LogP contribution in [0.3, 0.4) is 0 Å². The number of carboxylic acid groups (broad SMARTS) is 1. The Kier molecular flexibility index (Phi) is 4.22. The zero-order valence-electron chi connectivity index (χ0n) is 11.4. The van der Waals surface area contributed by atoms with Gasteiger partial charge in [0, 0.05) is 13.5 Å². The van der Waals surface area contributed by atoms with Gasteiger partial charge in [-0.25, -0.2) is 9.78 Å². The van der Waals surface area contributed by atoms with Gasteiger partial charge in [0.25, 0.3) is 5.91 Å². The molecule has 0 saturated carbocycles. The Bertz CT molecular complexity index is 648. The van der Waals surface area contributed by atoms with Crippen molar-refractivity contribution >= 4 is 11.9 Å². The van der Waals surface area contributed by atoms with Crippen molar-refractivity contribution in [2.75, 3.05) is 0 Å². The summed E-state index contributed by atoms with van der Waals surface area (Å²) < 4.78 is 1.51. The van der Waals surface area contributed by atoms with E-state index < -0.39 is 17.9 Å². The molecule has 1 amide bonds. The van der Waals surface area contributed by atoms with Crippen LogP contribution in [0.4, 0.5) is 0 Å². The minimum absolute atomic E-state index is 0.101. The predicted octanol–water partition coefficient (Wildman–Crippen LogP) is 0.551. The van der Waals surface area contributed by atoms with Crippen LogP contribution in [-0.2, 0) is 18.3 Å². The lowest BCUT2D eigenvalue weighted by atomic mass is 10.1. The highest BCUT2D eigenvalue weighted by Gasteiger charge is 2.22. The fourth-order valence-electron chi connectivity index (χ4n) is 1.88. The van der Waals surface area contributed by atoms with Gasteiger partial charge in [0.1, 0.15) is 17.5 Å². The molecular weight excluding hydrogens is 274 g/mol. The van der Waals surface area contributed by atoms with Crippen LogP contribution in [0, 0.1) is 0 Å². The maximum Gasteiger partial charge on any atom is 0.326 e. The van der Waals surface area contributed by atoms with E-state index in [1.54, 1.807) is 19.2 Å². The number of hydrogen-bond acceptors (Lipinski definition) is 4. The smallest absolute Gasteiger partial charge is 0.326 e. The summed E-state index contributed by atoms with van der Waals surface area (Å²) in [7, 11) is 1.65. The first-order valence-electron chi connectivity index (χ1n) is 6.25. The molecule has 1 atom stereocenters. The molecular formula is C14H15N3O4. The number of carbonyl (C=O) groups excluding carboxylic acids is 1. The summed E-state index contributed by atoms with van der Waals surface area (Å²) in [6, 6.07) is 5.11. The van der Waals surface area contributed by atoms with Gasteiger partial charge in [0.15, 0.2) is 0 Å². The predicted molar refractivity (Wildman–Crippen MR) is 73.9 cm³/mol. The van der Waals surface area contributed by atoms with E-state index in [2.05, 4.69) is 10.3 Å². The monoisotopic (exact) mass is 289 g/mol. The largest absolute Gasteiger partial charge is 0.508 e. The van der Waals surface area contributed by atoms with E-state index in [0.29, 0.717) is 5.56 Å². The summed E-state index contributed by atoms with van der Waals surface area (Å²) in [5, 5.41) is 20.9. The number of carboxylic acids is 1. The molecule has 0 spiro atoms. The third-order valence-corrected chi connectivity index (χ3v) is 3.03. The summed E-state index contributed by atoms with van der Waals surface area (Å²) in [6.07, 6.45) is 2.96. The Balaban J connectivity index is 2.09. The van der Waals surface area contributed by atoms with Crippen molar-refractivity contribution in [1.82, 2.24) is 14.9 Å². The molecule has 0 aliphatic carbocycles. The molecule has 1 aromatic heterocycles. The molecule has 0 fully saturated rings. The van der Waals surface area contributed by atoms with Gasteiger partial charge in [0.2, 0.25) is 0 Å². The van der Waals surface area contributed by atoms with Crippen LogP contribution in [0.25, 0.3) is 0 Å². The SMILES string of the molecule is Cn1cncc1C(=O)NC(Cc1ccc(O)cc1)C(=O)O. The van der Waals surface area contributed by atoms with Gasteiger partial charge < -0.3 is 20.1 Å². The fraction of sp³-hybridized carbons (Fsp3) is 0.214. The molecule has 7 nitrogen and oxygen atoms in total. The van der Waals surface area contributed by atoms with Crippen molar-refractivity contribution in [3.05, 3.63) is 48.0 Å². The van der Waals surface area contributed by atoms with E-state index in [1.165, 1.54) is 29.2 Å². The van der Waals surface area contributed by atoms with E-state index in [-0.39, 0.29) is 17.9 Å². The Morgan fingerprint density at radius 3 is 2.52 bits per heavy atom.